The highest BCUT2D eigenvalue weighted by molar-refractivity contribution is 6.04. The number of carbonyl (C=O) groups is 1. The molecule has 31 heavy (non-hydrogen) atoms. The molecule has 0 spiro atoms. The van der Waals surface area contributed by atoms with Crippen LogP contribution in [0.1, 0.15) is 16.1 Å². The Bertz CT molecular complexity index is 1400. The summed E-state index contributed by atoms with van der Waals surface area (Å²) in [4.78, 5) is 21.9. The van der Waals surface area contributed by atoms with E-state index in [2.05, 4.69) is 9.97 Å². The van der Waals surface area contributed by atoms with Crippen molar-refractivity contribution in [2.24, 2.45) is 0 Å². The van der Waals surface area contributed by atoms with Crippen LogP contribution in [0.15, 0.2) is 85.6 Å². The summed E-state index contributed by atoms with van der Waals surface area (Å²) in [5.74, 6) is 0.643. The van der Waals surface area contributed by atoms with E-state index in [-0.39, 0.29) is 5.91 Å². The van der Waals surface area contributed by atoms with Crippen LogP contribution < -0.4 is 4.74 Å². The Balaban J connectivity index is 1.60. The zero-order valence-corrected chi connectivity index (χ0v) is 17.2. The van der Waals surface area contributed by atoms with Crippen molar-refractivity contribution in [2.45, 2.75) is 6.92 Å². The molecule has 5 aromatic rings. The number of methoxy groups -OCH3 is 1. The predicted molar refractivity (Wildman–Crippen MR) is 120 cm³/mol. The van der Waals surface area contributed by atoms with E-state index in [0.29, 0.717) is 11.3 Å². The molecule has 0 aliphatic carbocycles. The van der Waals surface area contributed by atoms with E-state index in [1.54, 1.807) is 30.4 Å². The average molecular weight is 408 g/mol. The van der Waals surface area contributed by atoms with E-state index in [0.717, 1.165) is 33.5 Å². The van der Waals surface area contributed by atoms with Gasteiger partial charge in [-0.3, -0.25) is 14.3 Å². The molecule has 3 aromatic heterocycles. The number of ether oxygens (including phenoxy) is 1. The molecule has 0 atom stereocenters. The quantitative estimate of drug-likeness (QED) is 0.425. The molecule has 0 unspecified atom stereocenters. The minimum Gasteiger partial charge on any atom is -0.495 e. The molecular weight excluding hydrogens is 388 g/mol. The summed E-state index contributed by atoms with van der Waals surface area (Å²) < 4.78 is 9.24. The second-order valence-corrected chi connectivity index (χ2v) is 7.26. The summed E-state index contributed by atoms with van der Waals surface area (Å²) in [6, 6.07) is 19.0. The molecule has 3 heterocycles. The fourth-order valence-electron chi connectivity index (χ4n) is 3.78. The van der Waals surface area contributed by atoms with Gasteiger partial charge in [0.1, 0.15) is 5.75 Å². The van der Waals surface area contributed by atoms with Gasteiger partial charge >= 0.3 is 0 Å². The number of hydrogen-bond donors (Lipinski definition) is 0. The molecule has 0 fully saturated rings. The topological polar surface area (TPSA) is 61.9 Å². The van der Waals surface area contributed by atoms with E-state index in [1.807, 2.05) is 78.4 Å². The molecule has 0 N–H and O–H groups in total. The number of nitrogens with zero attached hydrogens (tertiary/aromatic N) is 4. The standard InChI is InChI=1S/C25H20N4O2/c1-17-15-28(16-27-17)22-9-8-19(14-23(22)31-2)24-20-11-13-29(21(20)10-12-26-24)25(30)18-6-4-3-5-7-18/h3-16H,1-2H3. The Labute approximate surface area is 179 Å². The fourth-order valence-corrected chi connectivity index (χ4v) is 3.78. The van der Waals surface area contributed by atoms with E-state index < -0.39 is 0 Å². The molecule has 5 rings (SSSR count). The normalized spacial score (nSPS) is 11.0. The lowest BCUT2D eigenvalue weighted by molar-refractivity contribution is 0.0965. The van der Waals surface area contributed by atoms with Crippen molar-refractivity contribution in [2.75, 3.05) is 7.11 Å². The van der Waals surface area contributed by atoms with Crippen LogP contribution in [0.5, 0.6) is 5.75 Å². The number of rotatable bonds is 4. The smallest absolute Gasteiger partial charge is 0.262 e. The summed E-state index contributed by atoms with van der Waals surface area (Å²) in [5, 5.41) is 0.903. The first-order valence-electron chi connectivity index (χ1n) is 9.91. The number of aryl methyl sites for hydroxylation is 1. The molecule has 6 nitrogen and oxygen atoms in total. The Hall–Kier alpha value is -4.19. The Morgan fingerprint density at radius 3 is 2.58 bits per heavy atom. The summed E-state index contributed by atoms with van der Waals surface area (Å²) in [6.07, 6.45) is 7.24. The summed E-state index contributed by atoms with van der Waals surface area (Å²) in [5.41, 5.74) is 4.99. The van der Waals surface area contributed by atoms with E-state index in [9.17, 15) is 4.79 Å². The third-order valence-corrected chi connectivity index (χ3v) is 5.30. The van der Waals surface area contributed by atoms with Crippen molar-refractivity contribution in [3.63, 3.8) is 0 Å². The second kappa shape index (κ2) is 7.57. The van der Waals surface area contributed by atoms with Gasteiger partial charge in [0.15, 0.2) is 0 Å². The van der Waals surface area contributed by atoms with Crippen LogP contribution in [0.4, 0.5) is 0 Å². The van der Waals surface area contributed by atoms with Crippen molar-refractivity contribution in [1.82, 2.24) is 19.1 Å². The maximum absolute atomic E-state index is 13.0. The van der Waals surface area contributed by atoms with Crippen LogP contribution >= 0.6 is 0 Å². The maximum atomic E-state index is 13.0. The molecule has 0 saturated carbocycles. The minimum atomic E-state index is -0.0730. The largest absolute Gasteiger partial charge is 0.495 e. The van der Waals surface area contributed by atoms with Crippen LogP contribution in [0.2, 0.25) is 0 Å². The highest BCUT2D eigenvalue weighted by Crippen LogP contribution is 2.33. The monoisotopic (exact) mass is 408 g/mol. The summed E-state index contributed by atoms with van der Waals surface area (Å²) in [6.45, 7) is 1.95. The molecule has 0 saturated heterocycles. The van der Waals surface area contributed by atoms with Gasteiger partial charge in [-0.1, -0.05) is 24.3 Å². The number of imidazole rings is 1. The molecule has 2 aromatic carbocycles. The van der Waals surface area contributed by atoms with Gasteiger partial charge in [0.05, 0.1) is 36.0 Å². The van der Waals surface area contributed by atoms with Crippen molar-refractivity contribution in [3.8, 4) is 22.7 Å². The SMILES string of the molecule is COc1cc(-c2nccc3c2ccn3C(=O)c2ccccc2)ccc1-n1cnc(C)c1. The molecule has 0 bridgehead atoms. The first-order valence-corrected chi connectivity index (χ1v) is 9.91. The lowest BCUT2D eigenvalue weighted by Crippen LogP contribution is -2.10. The lowest BCUT2D eigenvalue weighted by Gasteiger charge is -2.12. The predicted octanol–water partition coefficient (Wildman–Crippen LogP) is 4.89. The third kappa shape index (κ3) is 3.28. The summed E-state index contributed by atoms with van der Waals surface area (Å²) >= 11 is 0. The van der Waals surface area contributed by atoms with Gasteiger partial charge in [0, 0.05) is 35.1 Å². The third-order valence-electron chi connectivity index (χ3n) is 5.30. The average Bonchev–Trinajstić information content (AvgIpc) is 3.45. The van der Waals surface area contributed by atoms with Crippen LogP contribution in [-0.4, -0.2) is 32.1 Å². The molecule has 0 aliphatic rings. The van der Waals surface area contributed by atoms with Gasteiger partial charge in [-0.2, -0.15) is 0 Å². The van der Waals surface area contributed by atoms with E-state index >= 15 is 0 Å². The zero-order valence-electron chi connectivity index (χ0n) is 17.2. The van der Waals surface area contributed by atoms with Crippen molar-refractivity contribution in [1.29, 1.82) is 0 Å². The zero-order chi connectivity index (χ0) is 21.4. The van der Waals surface area contributed by atoms with Gasteiger partial charge in [-0.15, -0.1) is 0 Å². The molecule has 0 radical (unpaired) electrons. The molecule has 6 heteroatoms. The van der Waals surface area contributed by atoms with Crippen LogP contribution in [0, 0.1) is 6.92 Å². The first-order chi connectivity index (χ1) is 15.2. The van der Waals surface area contributed by atoms with Crippen LogP contribution in [0.25, 0.3) is 27.8 Å². The highest BCUT2D eigenvalue weighted by Gasteiger charge is 2.16. The molecule has 0 aliphatic heterocycles. The van der Waals surface area contributed by atoms with E-state index in [4.69, 9.17) is 4.74 Å². The van der Waals surface area contributed by atoms with Gasteiger partial charge in [0.25, 0.3) is 5.91 Å². The first kappa shape index (κ1) is 18.8. The van der Waals surface area contributed by atoms with Gasteiger partial charge in [-0.05, 0) is 43.3 Å². The lowest BCUT2D eigenvalue weighted by atomic mass is 10.1. The van der Waals surface area contributed by atoms with Crippen molar-refractivity contribution in [3.05, 3.63) is 96.8 Å². The van der Waals surface area contributed by atoms with Gasteiger partial charge in [-0.25, -0.2) is 4.98 Å². The fraction of sp³-hybridized carbons (Fsp3) is 0.0800. The number of aromatic nitrogens is 4. The highest BCUT2D eigenvalue weighted by atomic mass is 16.5. The number of carbonyl (C=O) groups excluding carboxylic acids is 1. The summed E-state index contributed by atoms with van der Waals surface area (Å²) in [7, 11) is 1.65. The number of benzene rings is 2. The Morgan fingerprint density at radius 2 is 1.84 bits per heavy atom. The maximum Gasteiger partial charge on any atom is 0.262 e. The number of fused-ring (bicyclic) bond motifs is 1. The van der Waals surface area contributed by atoms with Gasteiger partial charge in [0.2, 0.25) is 0 Å². The van der Waals surface area contributed by atoms with E-state index in [1.165, 1.54) is 0 Å². The Kier molecular flexibility index (Phi) is 4.59. The molecular formula is C25H20N4O2. The van der Waals surface area contributed by atoms with Gasteiger partial charge < -0.3 is 9.30 Å². The number of hydrogen-bond acceptors (Lipinski definition) is 4. The second-order valence-electron chi connectivity index (χ2n) is 7.26. The van der Waals surface area contributed by atoms with Crippen molar-refractivity contribution >= 4 is 16.8 Å². The minimum absolute atomic E-state index is 0.0730. The van der Waals surface area contributed by atoms with Crippen LogP contribution in [0.3, 0.4) is 0 Å². The number of pyridine rings is 1. The van der Waals surface area contributed by atoms with Crippen molar-refractivity contribution < 1.29 is 9.53 Å². The van der Waals surface area contributed by atoms with Crippen LogP contribution in [-0.2, 0) is 0 Å². The molecule has 0 amide bonds. The molecule has 152 valence electrons. The Morgan fingerprint density at radius 1 is 1.00 bits per heavy atom.